The molecule has 1 atom stereocenters. The number of benzene rings is 2. The van der Waals surface area contributed by atoms with Gasteiger partial charge in [0.1, 0.15) is 11.8 Å². The monoisotopic (exact) mass is 645 g/mol. The highest BCUT2D eigenvalue weighted by Crippen LogP contribution is 2.32. The third-order valence-corrected chi connectivity index (χ3v) is 9.08. The molecule has 43 heavy (non-hydrogen) atoms. The van der Waals surface area contributed by atoms with E-state index in [-0.39, 0.29) is 32.0 Å². The van der Waals surface area contributed by atoms with Gasteiger partial charge in [-0.25, -0.2) is 26.8 Å². The molecule has 0 unspecified atom stereocenters. The molecule has 2 fully saturated rings. The first-order chi connectivity index (χ1) is 20.4. The summed E-state index contributed by atoms with van der Waals surface area (Å²) in [6.45, 7) is 2.54. The van der Waals surface area contributed by atoms with Gasteiger partial charge in [0.25, 0.3) is 0 Å². The van der Waals surface area contributed by atoms with Crippen molar-refractivity contribution in [1.82, 2.24) is 19.0 Å². The Morgan fingerprint density at radius 3 is 2.16 bits per heavy atom. The molecule has 2 heterocycles. The van der Waals surface area contributed by atoms with Crippen LogP contribution in [-0.2, 0) is 29.2 Å². The molecule has 13 nitrogen and oxygen atoms in total. The van der Waals surface area contributed by atoms with E-state index in [0.29, 0.717) is 47.6 Å². The van der Waals surface area contributed by atoms with E-state index in [0.717, 1.165) is 0 Å². The second-order valence-electron chi connectivity index (χ2n) is 9.64. The van der Waals surface area contributed by atoms with Crippen molar-refractivity contribution in [3.05, 3.63) is 53.1 Å². The van der Waals surface area contributed by atoms with Crippen LogP contribution >= 0.6 is 11.6 Å². The van der Waals surface area contributed by atoms with Gasteiger partial charge in [0, 0.05) is 50.8 Å². The smallest absolute Gasteiger partial charge is 0.409 e. The van der Waals surface area contributed by atoms with Crippen LogP contribution in [0.5, 0.6) is 11.5 Å². The van der Waals surface area contributed by atoms with E-state index in [4.69, 9.17) is 27.0 Å². The van der Waals surface area contributed by atoms with Crippen LogP contribution in [0.15, 0.2) is 41.3 Å². The second kappa shape index (κ2) is 13.8. The molecule has 2 aromatic rings. The van der Waals surface area contributed by atoms with Crippen molar-refractivity contribution < 1.29 is 45.9 Å². The number of hydrogen-bond donors (Lipinski definition) is 1. The predicted molar refractivity (Wildman–Crippen MR) is 147 cm³/mol. The molecule has 0 saturated carbocycles. The minimum Gasteiger partial charge on any atom is -0.451 e. The number of piperazine rings is 2. The summed E-state index contributed by atoms with van der Waals surface area (Å²) in [6.07, 6.45) is -0.433. The van der Waals surface area contributed by atoms with Gasteiger partial charge in [0.2, 0.25) is 15.9 Å². The number of nitrogens with zero attached hydrogens (tertiary/aromatic N) is 4. The number of carbonyl (C=O) groups is 3. The highest BCUT2D eigenvalue weighted by Gasteiger charge is 2.43. The normalized spacial score (nSPS) is 18.3. The van der Waals surface area contributed by atoms with Gasteiger partial charge < -0.3 is 24.1 Å². The lowest BCUT2D eigenvalue weighted by Gasteiger charge is -2.40. The maximum absolute atomic E-state index is 14.9. The largest absolute Gasteiger partial charge is 0.451 e. The van der Waals surface area contributed by atoms with E-state index in [1.165, 1.54) is 34.1 Å². The molecule has 2 N–H and O–H groups in total. The van der Waals surface area contributed by atoms with Crippen molar-refractivity contribution in [2.75, 3.05) is 59.0 Å². The molecule has 4 rings (SSSR count). The summed E-state index contributed by atoms with van der Waals surface area (Å²) in [5.41, 5.74) is 0. The van der Waals surface area contributed by atoms with Crippen molar-refractivity contribution in [1.29, 1.82) is 0 Å². The van der Waals surface area contributed by atoms with Gasteiger partial charge in [0.15, 0.2) is 17.4 Å². The van der Waals surface area contributed by atoms with Crippen molar-refractivity contribution >= 4 is 39.6 Å². The van der Waals surface area contributed by atoms with Crippen molar-refractivity contribution in [2.24, 2.45) is 5.90 Å². The first kappa shape index (κ1) is 32.3. The Labute approximate surface area is 251 Å². The average molecular weight is 646 g/mol. The van der Waals surface area contributed by atoms with Crippen molar-refractivity contribution in [2.45, 2.75) is 17.9 Å². The van der Waals surface area contributed by atoms with Crippen LogP contribution in [0.1, 0.15) is 6.92 Å². The Morgan fingerprint density at radius 1 is 0.977 bits per heavy atom. The number of amides is 2. The SMILES string of the molecule is CCOC(=O)N1CCN(CC(=O)N2CCN(S(=O)(=O)c3cc(F)c(Oc4ccc(Cl)cc4)c(F)c3)[C@@H](C(=O)ON)C2)CC1. The number of nitrogens with two attached hydrogens (primary N) is 1. The second-order valence-corrected chi connectivity index (χ2v) is 12.0. The third-order valence-electron chi connectivity index (χ3n) is 6.94. The molecule has 2 aromatic carbocycles. The minimum absolute atomic E-state index is 0.0423. The van der Waals surface area contributed by atoms with Crippen LogP contribution in [-0.4, -0.2) is 110 Å². The topological polar surface area (TPSA) is 152 Å². The van der Waals surface area contributed by atoms with Crippen molar-refractivity contribution in [3.63, 3.8) is 0 Å². The zero-order valence-corrected chi connectivity index (χ0v) is 24.7. The summed E-state index contributed by atoms with van der Waals surface area (Å²) in [5, 5.41) is 0.371. The maximum atomic E-state index is 14.9. The molecule has 2 saturated heterocycles. The van der Waals surface area contributed by atoms with Crippen LogP contribution in [0.4, 0.5) is 13.6 Å². The summed E-state index contributed by atoms with van der Waals surface area (Å²) in [4.78, 5) is 45.7. The van der Waals surface area contributed by atoms with E-state index in [2.05, 4.69) is 4.84 Å². The van der Waals surface area contributed by atoms with Gasteiger partial charge in [-0.1, -0.05) is 11.6 Å². The molecular formula is C26H30ClF2N5O8S. The number of carbonyl (C=O) groups excluding carboxylic acids is 3. The van der Waals surface area contributed by atoms with E-state index < -0.39 is 62.9 Å². The average Bonchev–Trinajstić information content (AvgIpc) is 2.99. The first-order valence-electron chi connectivity index (χ1n) is 13.2. The summed E-state index contributed by atoms with van der Waals surface area (Å²) in [6, 6.07) is 5.20. The Balaban J connectivity index is 1.45. The fourth-order valence-electron chi connectivity index (χ4n) is 4.68. The number of rotatable bonds is 8. The molecule has 0 bridgehead atoms. The van der Waals surface area contributed by atoms with Gasteiger partial charge in [-0.2, -0.15) is 10.2 Å². The molecule has 234 valence electrons. The lowest BCUT2D eigenvalue weighted by atomic mass is 10.2. The standard InChI is InChI=1S/C26H30ClF2N5O8S/c1-2-40-26(37)32-9-7-31(8-10-32)16-23(35)33-11-12-34(22(15-33)25(36)42-30)43(38,39)19-13-20(28)24(21(29)14-19)41-18-5-3-17(27)4-6-18/h3-6,13-14,22H,2,7-12,15-16,30H2,1H3/t22-/m1/s1. The van der Waals surface area contributed by atoms with Crippen LogP contribution < -0.4 is 10.6 Å². The van der Waals surface area contributed by atoms with Crippen LogP contribution in [0.25, 0.3) is 0 Å². The summed E-state index contributed by atoms with van der Waals surface area (Å²) in [5.74, 6) is 0.127. The third kappa shape index (κ3) is 7.51. The van der Waals surface area contributed by atoms with E-state index in [1.54, 1.807) is 6.92 Å². The molecule has 0 spiro atoms. The molecule has 2 aliphatic heterocycles. The summed E-state index contributed by atoms with van der Waals surface area (Å²) >= 11 is 5.80. The first-order valence-corrected chi connectivity index (χ1v) is 15.0. The molecule has 0 radical (unpaired) electrons. The molecule has 0 aliphatic carbocycles. The quantitative estimate of drug-likeness (QED) is 0.421. The molecule has 17 heteroatoms. The van der Waals surface area contributed by atoms with Crippen LogP contribution in [0, 0.1) is 11.6 Å². The van der Waals surface area contributed by atoms with Gasteiger partial charge >= 0.3 is 12.1 Å². The van der Waals surface area contributed by atoms with Crippen molar-refractivity contribution in [3.8, 4) is 11.5 Å². The number of ether oxygens (including phenoxy) is 2. The molecule has 2 amide bonds. The minimum atomic E-state index is -4.68. The Morgan fingerprint density at radius 2 is 1.58 bits per heavy atom. The lowest BCUT2D eigenvalue weighted by molar-refractivity contribution is -0.152. The van der Waals surface area contributed by atoms with Crippen LogP contribution in [0.2, 0.25) is 5.02 Å². The highest BCUT2D eigenvalue weighted by molar-refractivity contribution is 7.89. The lowest BCUT2D eigenvalue weighted by Crippen LogP contribution is -2.61. The summed E-state index contributed by atoms with van der Waals surface area (Å²) in [7, 11) is -4.68. The van der Waals surface area contributed by atoms with E-state index in [9.17, 15) is 31.6 Å². The Kier molecular flexibility index (Phi) is 10.4. The van der Waals surface area contributed by atoms with Gasteiger partial charge in [-0.15, -0.1) is 0 Å². The van der Waals surface area contributed by atoms with E-state index in [1.807, 2.05) is 4.90 Å². The fourth-order valence-corrected chi connectivity index (χ4v) is 6.40. The Hall–Kier alpha value is -3.57. The van der Waals surface area contributed by atoms with Gasteiger partial charge in [-0.05, 0) is 43.3 Å². The van der Waals surface area contributed by atoms with E-state index >= 15 is 0 Å². The van der Waals surface area contributed by atoms with Crippen LogP contribution in [0.3, 0.4) is 0 Å². The molecule has 0 aromatic heterocycles. The number of hydrogen-bond acceptors (Lipinski definition) is 10. The number of sulfonamides is 1. The Bertz CT molecular complexity index is 1430. The zero-order valence-electron chi connectivity index (χ0n) is 23.1. The van der Waals surface area contributed by atoms with Gasteiger partial charge in [-0.3, -0.25) is 9.69 Å². The predicted octanol–water partition coefficient (Wildman–Crippen LogP) is 1.80. The maximum Gasteiger partial charge on any atom is 0.409 e. The molecular weight excluding hydrogens is 616 g/mol. The molecule has 2 aliphatic rings. The number of halogens is 3. The fraction of sp³-hybridized carbons (Fsp3) is 0.423. The van der Waals surface area contributed by atoms with Gasteiger partial charge in [0.05, 0.1) is 18.0 Å². The summed E-state index contributed by atoms with van der Waals surface area (Å²) < 4.78 is 67.7. The zero-order chi connectivity index (χ0) is 31.3. The highest BCUT2D eigenvalue weighted by atomic mass is 35.5.